The largest absolute Gasteiger partial charge is 0.378 e. The Morgan fingerprint density at radius 2 is 1.79 bits per heavy atom. The summed E-state index contributed by atoms with van der Waals surface area (Å²) >= 11 is 0. The number of nitrogens with zero attached hydrogens (tertiary/aromatic N) is 4. The minimum atomic E-state index is -0.0534. The number of fused-ring (bicyclic) bond motifs is 3. The van der Waals surface area contributed by atoms with Crippen molar-refractivity contribution < 1.29 is 4.79 Å². The van der Waals surface area contributed by atoms with Crippen LogP contribution in [0.15, 0.2) is 67.3 Å². The van der Waals surface area contributed by atoms with Crippen molar-refractivity contribution in [1.82, 2.24) is 14.2 Å². The second-order valence-corrected chi connectivity index (χ2v) is 7.27. The summed E-state index contributed by atoms with van der Waals surface area (Å²) in [5.41, 5.74) is 6.28. The molecule has 0 aliphatic heterocycles. The Labute approximate surface area is 170 Å². The molecule has 2 aromatic heterocycles. The van der Waals surface area contributed by atoms with Crippen LogP contribution in [0, 0.1) is 6.92 Å². The van der Waals surface area contributed by atoms with E-state index in [0.717, 1.165) is 33.6 Å². The predicted molar refractivity (Wildman–Crippen MR) is 120 cm³/mol. The molecule has 0 N–H and O–H groups in total. The quantitative estimate of drug-likeness (QED) is 0.274. The molecule has 29 heavy (non-hydrogen) atoms. The fourth-order valence-corrected chi connectivity index (χ4v) is 3.66. The van der Waals surface area contributed by atoms with Crippen molar-refractivity contribution in [3.63, 3.8) is 0 Å². The lowest BCUT2D eigenvalue weighted by Crippen LogP contribution is -2.07. The van der Waals surface area contributed by atoms with Gasteiger partial charge >= 0.3 is 0 Å². The van der Waals surface area contributed by atoms with Crippen molar-refractivity contribution in [2.75, 3.05) is 19.0 Å². The van der Waals surface area contributed by atoms with E-state index in [1.54, 1.807) is 6.08 Å². The molecule has 2 heterocycles. The number of hydrogen-bond donors (Lipinski definition) is 0. The number of carbonyl (C=O) groups excluding carboxylic acids is 1. The average molecular weight is 384 g/mol. The molecule has 5 nitrogen and oxygen atoms in total. The third kappa shape index (κ3) is 3.25. The summed E-state index contributed by atoms with van der Waals surface area (Å²) in [5.74, 6) is -0.0534. The maximum Gasteiger partial charge on any atom is 0.191 e. The highest BCUT2D eigenvalue weighted by molar-refractivity contribution is 6.12. The SMILES string of the molecule is C=CCn1c2ccccc2n2nc(C)c(C(=O)/C=C/c3ccc(N(C)C)cc3)c12. The van der Waals surface area contributed by atoms with Gasteiger partial charge in [0.05, 0.1) is 22.3 Å². The van der Waals surface area contributed by atoms with Crippen LogP contribution >= 0.6 is 0 Å². The topological polar surface area (TPSA) is 42.5 Å². The van der Waals surface area contributed by atoms with Crippen LogP contribution in [0.25, 0.3) is 22.8 Å². The molecule has 4 aromatic rings. The molecular formula is C24H24N4O. The van der Waals surface area contributed by atoms with Crippen molar-refractivity contribution in [3.8, 4) is 0 Å². The Balaban J connectivity index is 1.77. The first kappa shape index (κ1) is 18.7. The highest BCUT2D eigenvalue weighted by Gasteiger charge is 2.21. The fraction of sp³-hybridized carbons (Fsp3) is 0.167. The summed E-state index contributed by atoms with van der Waals surface area (Å²) in [4.78, 5) is 15.2. The molecule has 0 aliphatic rings. The van der Waals surface area contributed by atoms with E-state index >= 15 is 0 Å². The van der Waals surface area contributed by atoms with Crippen molar-refractivity contribution in [2.24, 2.45) is 0 Å². The Kier molecular flexibility index (Phi) is 4.80. The molecular weight excluding hydrogens is 360 g/mol. The lowest BCUT2D eigenvalue weighted by molar-refractivity contribution is 0.104. The van der Waals surface area contributed by atoms with E-state index in [4.69, 9.17) is 0 Å². The van der Waals surface area contributed by atoms with E-state index in [0.29, 0.717) is 12.1 Å². The van der Waals surface area contributed by atoms with Gasteiger partial charge in [-0.2, -0.15) is 5.10 Å². The van der Waals surface area contributed by atoms with E-state index < -0.39 is 0 Å². The lowest BCUT2D eigenvalue weighted by atomic mass is 10.1. The van der Waals surface area contributed by atoms with Crippen LogP contribution in [-0.2, 0) is 6.54 Å². The second kappa shape index (κ2) is 7.43. The summed E-state index contributed by atoms with van der Waals surface area (Å²) in [6.45, 7) is 6.36. The average Bonchev–Trinajstić information content (AvgIpc) is 3.21. The first-order valence-electron chi connectivity index (χ1n) is 9.58. The third-order valence-corrected chi connectivity index (χ3v) is 5.09. The maximum atomic E-state index is 13.1. The van der Waals surface area contributed by atoms with Crippen molar-refractivity contribution in [1.29, 1.82) is 0 Å². The van der Waals surface area contributed by atoms with Crippen molar-refractivity contribution in [3.05, 3.63) is 84.1 Å². The van der Waals surface area contributed by atoms with Gasteiger partial charge in [-0.1, -0.05) is 36.4 Å². The molecule has 0 spiro atoms. The minimum absolute atomic E-state index is 0.0534. The van der Waals surface area contributed by atoms with Gasteiger partial charge in [0, 0.05) is 26.3 Å². The number of rotatable bonds is 6. The van der Waals surface area contributed by atoms with E-state index in [1.807, 2.05) is 91.1 Å². The molecule has 0 radical (unpaired) electrons. The summed E-state index contributed by atoms with van der Waals surface area (Å²) in [5, 5.41) is 4.65. The normalized spacial score (nSPS) is 11.6. The number of benzene rings is 2. The molecule has 0 bridgehead atoms. The van der Waals surface area contributed by atoms with Gasteiger partial charge in [-0.3, -0.25) is 4.79 Å². The Morgan fingerprint density at radius 1 is 1.10 bits per heavy atom. The van der Waals surface area contributed by atoms with Gasteiger partial charge in [-0.25, -0.2) is 4.52 Å². The van der Waals surface area contributed by atoms with Crippen LogP contribution in [0.5, 0.6) is 0 Å². The van der Waals surface area contributed by atoms with Gasteiger partial charge < -0.3 is 9.47 Å². The maximum absolute atomic E-state index is 13.1. The number of para-hydroxylation sites is 2. The first-order chi connectivity index (χ1) is 14.0. The summed E-state index contributed by atoms with van der Waals surface area (Å²) in [6.07, 6.45) is 5.32. The Morgan fingerprint density at radius 3 is 2.45 bits per heavy atom. The number of carbonyl (C=O) groups is 1. The van der Waals surface area contributed by atoms with Crippen LogP contribution in [0.3, 0.4) is 0 Å². The molecule has 0 aliphatic carbocycles. The first-order valence-corrected chi connectivity index (χ1v) is 9.58. The minimum Gasteiger partial charge on any atom is -0.378 e. The number of ketones is 1. The smallest absolute Gasteiger partial charge is 0.191 e. The number of aryl methyl sites for hydroxylation is 1. The lowest BCUT2D eigenvalue weighted by Gasteiger charge is -2.11. The van der Waals surface area contributed by atoms with Gasteiger partial charge in [-0.15, -0.1) is 6.58 Å². The zero-order valence-corrected chi connectivity index (χ0v) is 17.0. The highest BCUT2D eigenvalue weighted by atomic mass is 16.1. The van der Waals surface area contributed by atoms with E-state index in [-0.39, 0.29) is 5.78 Å². The number of hydrogen-bond acceptors (Lipinski definition) is 3. The highest BCUT2D eigenvalue weighted by Crippen LogP contribution is 2.26. The number of aromatic nitrogens is 3. The molecule has 0 fully saturated rings. The molecule has 146 valence electrons. The molecule has 0 atom stereocenters. The summed E-state index contributed by atoms with van der Waals surface area (Å²) in [6, 6.07) is 16.1. The van der Waals surface area contributed by atoms with Gasteiger partial charge in [-0.05, 0) is 42.8 Å². The van der Waals surface area contributed by atoms with Crippen LogP contribution < -0.4 is 4.90 Å². The van der Waals surface area contributed by atoms with Crippen LogP contribution in [0.1, 0.15) is 21.6 Å². The zero-order valence-electron chi connectivity index (χ0n) is 17.0. The van der Waals surface area contributed by atoms with Crippen molar-refractivity contribution >= 4 is 34.2 Å². The van der Waals surface area contributed by atoms with E-state index in [9.17, 15) is 4.79 Å². The molecule has 0 saturated heterocycles. The molecule has 2 aromatic carbocycles. The molecule has 5 heteroatoms. The second-order valence-electron chi connectivity index (χ2n) is 7.27. The van der Waals surface area contributed by atoms with Crippen LogP contribution in [0.2, 0.25) is 0 Å². The third-order valence-electron chi connectivity index (χ3n) is 5.09. The number of imidazole rings is 1. The van der Waals surface area contributed by atoms with Crippen molar-refractivity contribution in [2.45, 2.75) is 13.5 Å². The van der Waals surface area contributed by atoms with E-state index in [1.165, 1.54) is 0 Å². The van der Waals surface area contributed by atoms with Crippen LogP contribution in [0.4, 0.5) is 5.69 Å². The standard InChI is InChI=1S/C24H24N4O/c1-5-16-27-20-8-6-7-9-21(20)28-24(27)23(17(2)25-28)22(29)15-12-18-10-13-19(14-11-18)26(3)4/h5-15H,1,16H2,2-4H3/b15-12+. The van der Waals surface area contributed by atoms with Gasteiger partial charge in [0.15, 0.2) is 5.78 Å². The van der Waals surface area contributed by atoms with Gasteiger partial charge in [0.1, 0.15) is 5.65 Å². The predicted octanol–water partition coefficient (Wildman–Crippen LogP) is 4.75. The molecule has 0 amide bonds. The Hall–Kier alpha value is -3.60. The fourth-order valence-electron chi connectivity index (χ4n) is 3.66. The van der Waals surface area contributed by atoms with E-state index in [2.05, 4.69) is 16.2 Å². The van der Waals surface area contributed by atoms with Gasteiger partial charge in [0.25, 0.3) is 0 Å². The van der Waals surface area contributed by atoms with Crippen LogP contribution in [-0.4, -0.2) is 34.1 Å². The number of anilines is 1. The number of allylic oxidation sites excluding steroid dienone is 2. The molecule has 0 saturated carbocycles. The zero-order chi connectivity index (χ0) is 20.5. The molecule has 4 rings (SSSR count). The monoisotopic (exact) mass is 384 g/mol. The summed E-state index contributed by atoms with van der Waals surface area (Å²) < 4.78 is 3.95. The Bertz CT molecular complexity index is 1240. The molecule has 0 unspecified atom stereocenters. The summed E-state index contributed by atoms with van der Waals surface area (Å²) in [7, 11) is 4.01. The van der Waals surface area contributed by atoms with Gasteiger partial charge in [0.2, 0.25) is 0 Å².